The van der Waals surface area contributed by atoms with Gasteiger partial charge in [-0.25, -0.2) is 0 Å². The van der Waals surface area contributed by atoms with Gasteiger partial charge in [0.05, 0.1) is 13.2 Å². The van der Waals surface area contributed by atoms with E-state index >= 15 is 0 Å². The zero-order valence-corrected chi connectivity index (χ0v) is 13.0. The number of aliphatic hydroxyl groups excluding tert-OH is 2. The zero-order chi connectivity index (χ0) is 15.3. The quantitative estimate of drug-likeness (QED) is 0.582. The molecule has 0 aliphatic carbocycles. The van der Waals surface area contributed by atoms with Gasteiger partial charge in [-0.15, -0.1) is 0 Å². The average Bonchev–Trinajstić information content (AvgIpc) is 2.52. The van der Waals surface area contributed by atoms with Crippen LogP contribution in [0.4, 0.5) is 0 Å². The minimum atomic E-state index is -0.849. The molecule has 120 valence electrons. The SMILES string of the molecule is CCCCCCCCOc1cccc(OCC(O)CO)c1. The molecule has 0 bridgehead atoms. The summed E-state index contributed by atoms with van der Waals surface area (Å²) in [5, 5.41) is 18.0. The fourth-order valence-corrected chi connectivity index (χ4v) is 1.97. The topological polar surface area (TPSA) is 58.9 Å². The summed E-state index contributed by atoms with van der Waals surface area (Å²) in [5.74, 6) is 1.42. The Kier molecular flexibility index (Phi) is 9.66. The first-order chi connectivity index (χ1) is 10.3. The Morgan fingerprint density at radius 1 is 1.00 bits per heavy atom. The number of aliphatic hydroxyl groups is 2. The molecule has 1 atom stereocenters. The maximum atomic E-state index is 9.24. The van der Waals surface area contributed by atoms with Crippen LogP contribution in [-0.2, 0) is 0 Å². The van der Waals surface area contributed by atoms with Gasteiger partial charge in [-0.1, -0.05) is 45.1 Å². The number of ether oxygens (including phenoxy) is 2. The normalized spacial score (nSPS) is 12.1. The summed E-state index contributed by atoms with van der Waals surface area (Å²) in [7, 11) is 0. The fourth-order valence-electron chi connectivity index (χ4n) is 1.97. The minimum Gasteiger partial charge on any atom is -0.493 e. The number of benzene rings is 1. The van der Waals surface area contributed by atoms with Crippen molar-refractivity contribution in [2.75, 3.05) is 19.8 Å². The van der Waals surface area contributed by atoms with E-state index in [1.807, 2.05) is 18.2 Å². The first kappa shape index (κ1) is 17.8. The highest BCUT2D eigenvalue weighted by molar-refractivity contribution is 5.32. The minimum absolute atomic E-state index is 0.0807. The molecule has 1 aromatic rings. The van der Waals surface area contributed by atoms with Gasteiger partial charge in [-0.2, -0.15) is 0 Å². The van der Waals surface area contributed by atoms with Crippen LogP contribution in [0.25, 0.3) is 0 Å². The van der Waals surface area contributed by atoms with Gasteiger partial charge < -0.3 is 19.7 Å². The molecule has 0 fully saturated rings. The number of hydrogen-bond donors (Lipinski definition) is 2. The van der Waals surface area contributed by atoms with Crippen molar-refractivity contribution in [1.82, 2.24) is 0 Å². The van der Waals surface area contributed by atoms with Gasteiger partial charge in [0.1, 0.15) is 24.2 Å². The van der Waals surface area contributed by atoms with E-state index in [2.05, 4.69) is 6.92 Å². The summed E-state index contributed by atoms with van der Waals surface area (Å²) < 4.78 is 11.1. The maximum Gasteiger partial charge on any atom is 0.123 e. The molecule has 0 spiro atoms. The Balaban J connectivity index is 2.20. The Morgan fingerprint density at radius 2 is 1.67 bits per heavy atom. The summed E-state index contributed by atoms with van der Waals surface area (Å²) >= 11 is 0. The monoisotopic (exact) mass is 296 g/mol. The Morgan fingerprint density at radius 3 is 2.38 bits per heavy atom. The van der Waals surface area contributed by atoms with Crippen LogP contribution in [0, 0.1) is 0 Å². The lowest BCUT2D eigenvalue weighted by molar-refractivity contribution is 0.0535. The highest BCUT2D eigenvalue weighted by Gasteiger charge is 2.04. The van der Waals surface area contributed by atoms with Crippen molar-refractivity contribution >= 4 is 0 Å². The zero-order valence-electron chi connectivity index (χ0n) is 13.0. The molecule has 4 heteroatoms. The van der Waals surface area contributed by atoms with Gasteiger partial charge >= 0.3 is 0 Å². The molecule has 4 nitrogen and oxygen atoms in total. The van der Waals surface area contributed by atoms with Crippen molar-refractivity contribution in [3.63, 3.8) is 0 Å². The predicted molar refractivity (Wildman–Crippen MR) is 83.9 cm³/mol. The third kappa shape index (κ3) is 8.58. The Hall–Kier alpha value is -1.26. The molecule has 0 aliphatic rings. The summed E-state index contributed by atoms with van der Waals surface area (Å²) in [5.41, 5.74) is 0. The molecule has 0 saturated carbocycles. The van der Waals surface area contributed by atoms with E-state index in [0.29, 0.717) is 5.75 Å². The second kappa shape index (κ2) is 11.4. The molecule has 0 amide bonds. The van der Waals surface area contributed by atoms with Crippen LogP contribution in [0.3, 0.4) is 0 Å². The maximum absolute atomic E-state index is 9.24. The largest absolute Gasteiger partial charge is 0.493 e. The smallest absolute Gasteiger partial charge is 0.123 e. The van der Waals surface area contributed by atoms with E-state index in [9.17, 15) is 5.11 Å². The standard InChI is InChI=1S/C17H28O4/c1-2-3-4-5-6-7-11-20-16-9-8-10-17(12-16)21-14-15(19)13-18/h8-10,12,15,18-19H,2-7,11,13-14H2,1H3. The summed E-state index contributed by atoms with van der Waals surface area (Å²) in [6.45, 7) is 2.72. The van der Waals surface area contributed by atoms with Crippen molar-refractivity contribution in [3.8, 4) is 11.5 Å². The van der Waals surface area contributed by atoms with Gasteiger partial charge in [0, 0.05) is 6.07 Å². The molecule has 1 unspecified atom stereocenters. The third-order valence-corrected chi connectivity index (χ3v) is 3.23. The first-order valence-corrected chi connectivity index (χ1v) is 7.90. The summed E-state index contributed by atoms with van der Waals surface area (Å²) in [6.07, 6.45) is 6.61. The fraction of sp³-hybridized carbons (Fsp3) is 0.647. The van der Waals surface area contributed by atoms with Crippen molar-refractivity contribution in [2.45, 2.75) is 51.6 Å². The van der Waals surface area contributed by atoms with Crippen LogP contribution in [0.5, 0.6) is 11.5 Å². The van der Waals surface area contributed by atoms with Crippen LogP contribution in [0.1, 0.15) is 45.4 Å². The molecule has 21 heavy (non-hydrogen) atoms. The predicted octanol–water partition coefficient (Wildman–Crippen LogP) is 3.16. The molecule has 0 radical (unpaired) electrons. The van der Waals surface area contributed by atoms with E-state index in [1.165, 1.54) is 32.1 Å². The van der Waals surface area contributed by atoms with Crippen LogP contribution in [0.2, 0.25) is 0 Å². The second-order valence-electron chi connectivity index (χ2n) is 5.24. The highest BCUT2D eigenvalue weighted by atomic mass is 16.5. The van der Waals surface area contributed by atoms with E-state index in [4.69, 9.17) is 14.6 Å². The number of hydrogen-bond acceptors (Lipinski definition) is 4. The molecular weight excluding hydrogens is 268 g/mol. The van der Waals surface area contributed by atoms with Crippen molar-refractivity contribution in [1.29, 1.82) is 0 Å². The van der Waals surface area contributed by atoms with E-state index in [1.54, 1.807) is 6.07 Å². The lowest BCUT2D eigenvalue weighted by atomic mass is 10.1. The third-order valence-electron chi connectivity index (χ3n) is 3.23. The van der Waals surface area contributed by atoms with Crippen LogP contribution in [-0.4, -0.2) is 36.1 Å². The molecule has 2 N–H and O–H groups in total. The van der Waals surface area contributed by atoms with Crippen LogP contribution in [0.15, 0.2) is 24.3 Å². The molecule has 1 aromatic carbocycles. The highest BCUT2D eigenvalue weighted by Crippen LogP contribution is 2.20. The van der Waals surface area contributed by atoms with Gasteiger partial charge in [0.25, 0.3) is 0 Å². The van der Waals surface area contributed by atoms with Crippen molar-refractivity contribution in [3.05, 3.63) is 24.3 Å². The molecule has 0 heterocycles. The summed E-state index contributed by atoms with van der Waals surface area (Å²) in [4.78, 5) is 0. The Labute approximate surface area is 127 Å². The van der Waals surface area contributed by atoms with Gasteiger partial charge in [0.2, 0.25) is 0 Å². The molecule has 0 saturated heterocycles. The van der Waals surface area contributed by atoms with Gasteiger partial charge in [-0.3, -0.25) is 0 Å². The molecule has 0 aromatic heterocycles. The first-order valence-electron chi connectivity index (χ1n) is 7.90. The van der Waals surface area contributed by atoms with Crippen LogP contribution >= 0.6 is 0 Å². The van der Waals surface area contributed by atoms with Crippen molar-refractivity contribution < 1.29 is 19.7 Å². The van der Waals surface area contributed by atoms with E-state index in [0.717, 1.165) is 18.8 Å². The second-order valence-corrected chi connectivity index (χ2v) is 5.24. The van der Waals surface area contributed by atoms with Crippen LogP contribution < -0.4 is 9.47 Å². The van der Waals surface area contributed by atoms with Gasteiger partial charge in [-0.05, 0) is 18.6 Å². The van der Waals surface area contributed by atoms with Crippen molar-refractivity contribution in [2.24, 2.45) is 0 Å². The lowest BCUT2D eigenvalue weighted by Crippen LogP contribution is -2.21. The molecule has 1 rings (SSSR count). The molecular formula is C17H28O4. The number of rotatable bonds is 12. The average molecular weight is 296 g/mol. The lowest BCUT2D eigenvalue weighted by Gasteiger charge is -2.11. The number of unbranched alkanes of at least 4 members (excludes halogenated alkanes) is 5. The van der Waals surface area contributed by atoms with E-state index < -0.39 is 6.10 Å². The van der Waals surface area contributed by atoms with Gasteiger partial charge in [0.15, 0.2) is 0 Å². The Bertz CT molecular complexity index is 368. The van der Waals surface area contributed by atoms with E-state index in [-0.39, 0.29) is 13.2 Å². The summed E-state index contributed by atoms with van der Waals surface area (Å²) in [6, 6.07) is 7.37. The molecule has 0 aliphatic heterocycles.